The molecule has 0 saturated heterocycles. The topological polar surface area (TPSA) is 85.8 Å². The maximum absolute atomic E-state index is 11.8. The molecule has 0 atom stereocenters. The molecule has 0 aromatic carbocycles. The number of aromatic nitrogens is 3. The zero-order chi connectivity index (χ0) is 13.0. The number of carbonyl (C=O) groups is 1. The molecule has 94 valence electrons. The fourth-order valence-electron chi connectivity index (χ4n) is 1.45. The standard InChI is InChI=1S/C11H12ClN5O/c12-10-6-8(9(13)7-15-10)11(18)14-3-5-17-4-1-2-16-17/h1-2,4,6-7H,3,5,13H2,(H,14,18). The summed E-state index contributed by atoms with van der Waals surface area (Å²) in [5.41, 5.74) is 6.29. The van der Waals surface area contributed by atoms with Crippen LogP contribution in [0.15, 0.2) is 30.7 Å². The van der Waals surface area contributed by atoms with Gasteiger partial charge in [0, 0.05) is 18.9 Å². The first-order valence-electron chi connectivity index (χ1n) is 5.33. The van der Waals surface area contributed by atoms with E-state index in [0.29, 0.717) is 24.3 Å². The Balaban J connectivity index is 1.93. The Bertz CT molecular complexity index is 540. The van der Waals surface area contributed by atoms with E-state index in [9.17, 15) is 4.79 Å². The van der Waals surface area contributed by atoms with Gasteiger partial charge >= 0.3 is 0 Å². The van der Waals surface area contributed by atoms with Gasteiger partial charge in [-0.2, -0.15) is 5.10 Å². The summed E-state index contributed by atoms with van der Waals surface area (Å²) in [6.45, 7) is 1.05. The molecule has 2 rings (SSSR count). The van der Waals surface area contributed by atoms with Gasteiger partial charge in [0.05, 0.1) is 24.0 Å². The third kappa shape index (κ3) is 2.98. The summed E-state index contributed by atoms with van der Waals surface area (Å²) in [6.07, 6.45) is 4.87. The predicted molar refractivity (Wildman–Crippen MR) is 68.2 cm³/mol. The molecule has 0 aliphatic carbocycles. The van der Waals surface area contributed by atoms with Gasteiger partial charge < -0.3 is 11.1 Å². The van der Waals surface area contributed by atoms with Crippen LogP contribution in [0.3, 0.4) is 0 Å². The van der Waals surface area contributed by atoms with Crippen LogP contribution in [0.2, 0.25) is 5.15 Å². The molecule has 0 saturated carbocycles. The molecule has 1 amide bonds. The molecular formula is C11H12ClN5O. The Kier molecular flexibility index (Phi) is 3.78. The van der Waals surface area contributed by atoms with Crippen LogP contribution in [-0.4, -0.2) is 27.2 Å². The number of nitrogens with zero attached hydrogens (tertiary/aromatic N) is 3. The van der Waals surface area contributed by atoms with Crippen LogP contribution < -0.4 is 11.1 Å². The minimum Gasteiger partial charge on any atom is -0.397 e. The lowest BCUT2D eigenvalue weighted by atomic mass is 10.2. The number of rotatable bonds is 4. The van der Waals surface area contributed by atoms with Gasteiger partial charge in [0.2, 0.25) is 0 Å². The van der Waals surface area contributed by atoms with Crippen molar-refractivity contribution in [1.29, 1.82) is 0 Å². The number of nitrogens with two attached hydrogens (primary N) is 1. The van der Waals surface area contributed by atoms with Crippen LogP contribution in [0, 0.1) is 0 Å². The molecule has 0 aliphatic rings. The molecule has 0 radical (unpaired) electrons. The monoisotopic (exact) mass is 265 g/mol. The highest BCUT2D eigenvalue weighted by Crippen LogP contribution is 2.14. The number of nitrogen functional groups attached to an aromatic ring is 1. The fourth-order valence-corrected chi connectivity index (χ4v) is 1.61. The molecule has 7 heteroatoms. The second kappa shape index (κ2) is 5.50. The number of halogens is 1. The number of amides is 1. The first-order valence-corrected chi connectivity index (χ1v) is 5.71. The maximum atomic E-state index is 11.8. The van der Waals surface area contributed by atoms with E-state index in [2.05, 4.69) is 15.4 Å². The van der Waals surface area contributed by atoms with E-state index in [1.807, 2.05) is 12.3 Å². The van der Waals surface area contributed by atoms with E-state index in [1.165, 1.54) is 12.3 Å². The number of hydrogen-bond donors (Lipinski definition) is 2. The van der Waals surface area contributed by atoms with Crippen molar-refractivity contribution in [3.8, 4) is 0 Å². The number of carbonyl (C=O) groups excluding carboxylic acids is 1. The Morgan fingerprint density at radius 2 is 2.39 bits per heavy atom. The lowest BCUT2D eigenvalue weighted by Gasteiger charge is -2.07. The molecule has 2 heterocycles. The summed E-state index contributed by atoms with van der Waals surface area (Å²) in [5.74, 6) is -0.274. The van der Waals surface area contributed by atoms with Gasteiger partial charge in [-0.3, -0.25) is 9.48 Å². The van der Waals surface area contributed by atoms with Crippen LogP contribution in [0.25, 0.3) is 0 Å². The van der Waals surface area contributed by atoms with E-state index in [1.54, 1.807) is 10.9 Å². The average molecular weight is 266 g/mol. The van der Waals surface area contributed by atoms with Crippen LogP contribution in [-0.2, 0) is 6.54 Å². The molecule has 6 nitrogen and oxygen atoms in total. The van der Waals surface area contributed by atoms with Crippen LogP contribution in [0.4, 0.5) is 5.69 Å². The molecule has 0 bridgehead atoms. The zero-order valence-electron chi connectivity index (χ0n) is 9.51. The van der Waals surface area contributed by atoms with Crippen molar-refractivity contribution in [2.24, 2.45) is 0 Å². The summed E-state index contributed by atoms with van der Waals surface area (Å²) in [4.78, 5) is 15.6. The van der Waals surface area contributed by atoms with Gasteiger partial charge in [-0.05, 0) is 12.1 Å². The van der Waals surface area contributed by atoms with E-state index < -0.39 is 0 Å². The normalized spacial score (nSPS) is 10.3. The Hall–Kier alpha value is -2.08. The predicted octanol–water partition coefficient (Wildman–Crippen LogP) is 0.944. The third-order valence-corrected chi connectivity index (χ3v) is 2.54. The molecule has 18 heavy (non-hydrogen) atoms. The van der Waals surface area contributed by atoms with Gasteiger partial charge in [0.1, 0.15) is 5.15 Å². The number of anilines is 1. The van der Waals surface area contributed by atoms with Crippen molar-refractivity contribution in [3.05, 3.63) is 41.4 Å². The van der Waals surface area contributed by atoms with Crippen molar-refractivity contribution < 1.29 is 4.79 Å². The minimum atomic E-state index is -0.274. The van der Waals surface area contributed by atoms with Crippen molar-refractivity contribution in [3.63, 3.8) is 0 Å². The molecule has 3 N–H and O–H groups in total. The summed E-state index contributed by atoms with van der Waals surface area (Å²) >= 11 is 5.72. The molecule has 2 aromatic heterocycles. The van der Waals surface area contributed by atoms with Crippen molar-refractivity contribution >= 4 is 23.2 Å². The second-order valence-electron chi connectivity index (χ2n) is 3.62. The molecule has 0 fully saturated rings. The first-order chi connectivity index (χ1) is 8.66. The van der Waals surface area contributed by atoms with E-state index in [0.717, 1.165) is 0 Å². The maximum Gasteiger partial charge on any atom is 0.253 e. The second-order valence-corrected chi connectivity index (χ2v) is 4.01. The van der Waals surface area contributed by atoms with Gasteiger partial charge in [0.15, 0.2) is 0 Å². The van der Waals surface area contributed by atoms with Crippen molar-refractivity contribution in [1.82, 2.24) is 20.1 Å². The number of hydrogen-bond acceptors (Lipinski definition) is 4. The van der Waals surface area contributed by atoms with Crippen LogP contribution >= 0.6 is 11.6 Å². The highest BCUT2D eigenvalue weighted by atomic mass is 35.5. The Morgan fingerprint density at radius 1 is 1.56 bits per heavy atom. The highest BCUT2D eigenvalue weighted by molar-refractivity contribution is 6.29. The molecule has 2 aromatic rings. The summed E-state index contributed by atoms with van der Waals surface area (Å²) in [6, 6.07) is 3.27. The molecule has 0 unspecified atom stereocenters. The SMILES string of the molecule is Nc1cnc(Cl)cc1C(=O)NCCn1cccn1. The Labute approximate surface area is 109 Å². The zero-order valence-corrected chi connectivity index (χ0v) is 10.3. The van der Waals surface area contributed by atoms with Gasteiger partial charge in [0.25, 0.3) is 5.91 Å². The smallest absolute Gasteiger partial charge is 0.253 e. The lowest BCUT2D eigenvalue weighted by Crippen LogP contribution is -2.28. The number of nitrogens with one attached hydrogen (secondary N) is 1. The fraction of sp³-hybridized carbons (Fsp3) is 0.182. The third-order valence-electron chi connectivity index (χ3n) is 2.33. The summed E-state index contributed by atoms with van der Waals surface area (Å²) in [7, 11) is 0. The van der Waals surface area contributed by atoms with Gasteiger partial charge in [-0.15, -0.1) is 0 Å². The van der Waals surface area contributed by atoms with E-state index >= 15 is 0 Å². The molecule has 0 spiro atoms. The lowest BCUT2D eigenvalue weighted by molar-refractivity contribution is 0.0952. The van der Waals surface area contributed by atoms with Gasteiger partial charge in [-0.25, -0.2) is 4.98 Å². The minimum absolute atomic E-state index is 0.237. The quantitative estimate of drug-likeness (QED) is 0.806. The van der Waals surface area contributed by atoms with Crippen LogP contribution in [0.5, 0.6) is 0 Å². The van der Waals surface area contributed by atoms with E-state index in [4.69, 9.17) is 17.3 Å². The first kappa shape index (κ1) is 12.4. The summed E-state index contributed by atoms with van der Waals surface area (Å²) in [5, 5.41) is 7.00. The van der Waals surface area contributed by atoms with Crippen molar-refractivity contribution in [2.75, 3.05) is 12.3 Å². The average Bonchev–Trinajstić information content (AvgIpc) is 2.85. The number of pyridine rings is 1. The van der Waals surface area contributed by atoms with Gasteiger partial charge in [-0.1, -0.05) is 11.6 Å². The largest absolute Gasteiger partial charge is 0.397 e. The molecule has 0 aliphatic heterocycles. The van der Waals surface area contributed by atoms with Crippen LogP contribution in [0.1, 0.15) is 10.4 Å². The molecular weight excluding hydrogens is 254 g/mol. The Morgan fingerprint density at radius 3 is 3.11 bits per heavy atom. The van der Waals surface area contributed by atoms with E-state index in [-0.39, 0.29) is 11.1 Å². The highest BCUT2D eigenvalue weighted by Gasteiger charge is 2.10. The van der Waals surface area contributed by atoms with Crippen molar-refractivity contribution in [2.45, 2.75) is 6.54 Å². The summed E-state index contributed by atoms with van der Waals surface area (Å²) < 4.78 is 1.73.